The molecule has 31 heavy (non-hydrogen) atoms. The van der Waals surface area contributed by atoms with Crippen molar-refractivity contribution in [1.82, 2.24) is 0 Å². The van der Waals surface area contributed by atoms with Gasteiger partial charge in [-0.25, -0.2) is 4.79 Å². The monoisotopic (exact) mass is 442 g/mol. The number of carbonyl (C=O) groups is 1. The van der Waals surface area contributed by atoms with Crippen LogP contribution in [-0.2, 0) is 9.53 Å². The number of benzene rings is 2. The summed E-state index contributed by atoms with van der Waals surface area (Å²) in [6.07, 6.45) is 5.59. The van der Waals surface area contributed by atoms with Crippen LogP contribution in [0.3, 0.4) is 0 Å². The summed E-state index contributed by atoms with van der Waals surface area (Å²) in [6, 6.07) is 11.6. The van der Waals surface area contributed by atoms with Crippen LogP contribution in [0.1, 0.15) is 39.0 Å². The average molecular weight is 443 g/mol. The second kappa shape index (κ2) is 9.43. The van der Waals surface area contributed by atoms with Crippen LogP contribution in [0.5, 0.6) is 17.2 Å². The van der Waals surface area contributed by atoms with Gasteiger partial charge in [0.2, 0.25) is 11.2 Å². The Labute approximate surface area is 184 Å². The highest BCUT2D eigenvalue weighted by Crippen LogP contribution is 2.29. The van der Waals surface area contributed by atoms with Crippen LogP contribution in [0.15, 0.2) is 57.9 Å². The van der Waals surface area contributed by atoms with Crippen molar-refractivity contribution in [3.05, 3.63) is 64.0 Å². The molecular formula is C24H23ClO6. The van der Waals surface area contributed by atoms with Gasteiger partial charge in [-0.3, -0.25) is 4.79 Å². The molecule has 1 aliphatic carbocycles. The maximum Gasteiger partial charge on any atom is 0.347 e. The molecule has 2 aromatic carbocycles. The molecule has 0 amide bonds. The lowest BCUT2D eigenvalue weighted by Gasteiger charge is -2.23. The first kappa shape index (κ1) is 21.2. The Morgan fingerprint density at radius 2 is 1.87 bits per heavy atom. The van der Waals surface area contributed by atoms with Gasteiger partial charge in [-0.1, -0.05) is 30.2 Å². The highest BCUT2D eigenvalue weighted by molar-refractivity contribution is 6.32. The van der Waals surface area contributed by atoms with E-state index in [2.05, 4.69) is 0 Å². The fourth-order valence-corrected chi connectivity index (χ4v) is 3.75. The van der Waals surface area contributed by atoms with Gasteiger partial charge in [-0.2, -0.15) is 0 Å². The zero-order valence-corrected chi connectivity index (χ0v) is 17.9. The topological polar surface area (TPSA) is 75.0 Å². The number of hydrogen-bond donors (Lipinski definition) is 0. The van der Waals surface area contributed by atoms with Crippen LogP contribution in [-0.4, -0.2) is 18.2 Å². The Morgan fingerprint density at radius 3 is 2.65 bits per heavy atom. The quantitative estimate of drug-likeness (QED) is 0.443. The zero-order chi connectivity index (χ0) is 21.8. The molecule has 1 aliphatic rings. The Morgan fingerprint density at radius 1 is 1.10 bits per heavy atom. The average Bonchev–Trinajstić information content (AvgIpc) is 2.78. The molecule has 1 aromatic heterocycles. The Bertz CT molecular complexity index is 1130. The first-order valence-corrected chi connectivity index (χ1v) is 10.7. The first-order chi connectivity index (χ1) is 15.0. The molecule has 0 spiro atoms. The summed E-state index contributed by atoms with van der Waals surface area (Å²) in [5.41, 5.74) is -0.0145. The second-order valence-electron chi connectivity index (χ2n) is 7.58. The minimum atomic E-state index is -0.770. The van der Waals surface area contributed by atoms with Gasteiger partial charge in [0.15, 0.2) is 6.10 Å². The molecule has 1 saturated carbocycles. The molecule has 1 heterocycles. The third-order valence-corrected chi connectivity index (χ3v) is 5.56. The zero-order valence-electron chi connectivity index (χ0n) is 17.1. The predicted molar refractivity (Wildman–Crippen MR) is 117 cm³/mol. The number of hydrogen-bond acceptors (Lipinski definition) is 6. The number of fused-ring (bicyclic) bond motifs is 1. The lowest BCUT2D eigenvalue weighted by Crippen LogP contribution is -2.31. The summed E-state index contributed by atoms with van der Waals surface area (Å²) in [6.45, 7) is 1.64. The van der Waals surface area contributed by atoms with Crippen LogP contribution in [0.25, 0.3) is 11.0 Å². The van der Waals surface area contributed by atoms with E-state index >= 15 is 0 Å². The summed E-state index contributed by atoms with van der Waals surface area (Å²) >= 11 is 6.09. The fraction of sp³-hybridized carbons (Fsp3) is 0.333. The van der Waals surface area contributed by atoms with Crippen molar-refractivity contribution in [3.63, 3.8) is 0 Å². The highest BCUT2D eigenvalue weighted by Gasteiger charge is 2.23. The molecule has 1 fully saturated rings. The van der Waals surface area contributed by atoms with Crippen molar-refractivity contribution in [2.24, 2.45) is 0 Å². The molecule has 4 rings (SSSR count). The Hall–Kier alpha value is -2.99. The summed E-state index contributed by atoms with van der Waals surface area (Å²) in [5.74, 6) is 0.403. The van der Waals surface area contributed by atoms with E-state index in [1.165, 1.54) is 12.7 Å². The number of esters is 1. The van der Waals surface area contributed by atoms with Crippen LogP contribution in [0, 0.1) is 0 Å². The maximum atomic E-state index is 12.8. The van der Waals surface area contributed by atoms with Crippen molar-refractivity contribution < 1.29 is 23.4 Å². The molecule has 0 aliphatic heterocycles. The highest BCUT2D eigenvalue weighted by atomic mass is 35.5. The molecule has 0 bridgehead atoms. The Balaban J connectivity index is 1.47. The smallest absolute Gasteiger partial charge is 0.347 e. The molecule has 7 heteroatoms. The van der Waals surface area contributed by atoms with Gasteiger partial charge in [0.05, 0.1) is 10.4 Å². The number of ether oxygens (including phenoxy) is 3. The lowest BCUT2D eigenvalue weighted by atomic mass is 9.98. The predicted octanol–water partition coefficient (Wildman–Crippen LogP) is 5.88. The van der Waals surface area contributed by atoms with Gasteiger partial charge in [0, 0.05) is 6.07 Å². The van der Waals surface area contributed by atoms with E-state index in [-0.39, 0.29) is 17.3 Å². The largest absolute Gasteiger partial charge is 0.479 e. The second-order valence-corrected chi connectivity index (χ2v) is 7.98. The van der Waals surface area contributed by atoms with Crippen LogP contribution in [0.4, 0.5) is 0 Å². The third-order valence-electron chi connectivity index (χ3n) is 5.25. The molecule has 0 N–H and O–H groups in total. The van der Waals surface area contributed by atoms with Crippen molar-refractivity contribution in [1.29, 1.82) is 0 Å². The fourth-order valence-electron chi connectivity index (χ4n) is 3.58. The summed E-state index contributed by atoms with van der Waals surface area (Å²) in [5, 5.41) is 0.717. The standard InChI is InChI=1S/C24H23ClO6/c1-15(24(27)30-16-7-3-2-4-8-16)29-17-11-12-18-21(13-17)28-14-22(23(18)26)31-20-10-6-5-9-19(20)25/h5-6,9-16H,2-4,7-8H2,1H3. The van der Waals surface area contributed by atoms with E-state index < -0.39 is 12.1 Å². The van der Waals surface area contributed by atoms with E-state index in [4.69, 9.17) is 30.2 Å². The van der Waals surface area contributed by atoms with E-state index in [0.717, 1.165) is 25.7 Å². The van der Waals surface area contributed by atoms with Crippen molar-refractivity contribution >= 4 is 28.5 Å². The van der Waals surface area contributed by atoms with E-state index in [1.54, 1.807) is 49.4 Å². The van der Waals surface area contributed by atoms with Gasteiger partial charge < -0.3 is 18.6 Å². The van der Waals surface area contributed by atoms with Gasteiger partial charge in [0.25, 0.3) is 0 Å². The van der Waals surface area contributed by atoms with Crippen LogP contribution < -0.4 is 14.9 Å². The van der Waals surface area contributed by atoms with E-state index in [0.29, 0.717) is 27.5 Å². The molecule has 0 saturated heterocycles. The van der Waals surface area contributed by atoms with Crippen molar-refractivity contribution in [2.45, 2.75) is 51.2 Å². The SMILES string of the molecule is CC(Oc1ccc2c(=O)c(Oc3ccccc3Cl)coc2c1)C(=O)OC1CCCCC1. The number of carbonyl (C=O) groups excluding carboxylic acids is 1. The first-order valence-electron chi connectivity index (χ1n) is 10.4. The molecule has 0 radical (unpaired) electrons. The van der Waals surface area contributed by atoms with Crippen molar-refractivity contribution in [2.75, 3.05) is 0 Å². The Kier molecular flexibility index (Phi) is 6.47. The van der Waals surface area contributed by atoms with Gasteiger partial charge >= 0.3 is 5.97 Å². The minimum Gasteiger partial charge on any atom is -0.479 e. The molecule has 3 aromatic rings. The van der Waals surface area contributed by atoms with E-state index in [9.17, 15) is 9.59 Å². The number of rotatable bonds is 6. The summed E-state index contributed by atoms with van der Waals surface area (Å²) in [4.78, 5) is 25.1. The van der Waals surface area contributed by atoms with Crippen molar-refractivity contribution in [3.8, 4) is 17.2 Å². The number of halogens is 1. The summed E-state index contributed by atoms with van der Waals surface area (Å²) in [7, 11) is 0. The normalized spacial score (nSPS) is 15.4. The molecule has 1 atom stereocenters. The van der Waals surface area contributed by atoms with Gasteiger partial charge in [0.1, 0.15) is 29.4 Å². The van der Waals surface area contributed by atoms with Crippen LogP contribution >= 0.6 is 11.6 Å². The maximum absolute atomic E-state index is 12.8. The molecule has 1 unspecified atom stereocenters. The molecule has 162 valence electrons. The summed E-state index contributed by atoms with van der Waals surface area (Å²) < 4.78 is 22.5. The van der Waals surface area contributed by atoms with Crippen LogP contribution in [0.2, 0.25) is 5.02 Å². The number of para-hydroxylation sites is 1. The third kappa shape index (κ3) is 5.02. The van der Waals surface area contributed by atoms with Gasteiger partial charge in [-0.15, -0.1) is 0 Å². The molecule has 6 nitrogen and oxygen atoms in total. The molecular weight excluding hydrogens is 420 g/mol. The van der Waals surface area contributed by atoms with E-state index in [1.807, 2.05) is 0 Å². The minimum absolute atomic E-state index is 0.0266. The van der Waals surface area contributed by atoms with Gasteiger partial charge in [-0.05, 0) is 56.9 Å². The lowest BCUT2D eigenvalue weighted by molar-refractivity contribution is -0.158.